The molecular weight excluding hydrogens is 474 g/mol. The average Bonchev–Trinajstić information content (AvgIpc) is 2.83. The van der Waals surface area contributed by atoms with Crippen LogP contribution < -0.4 is 10.6 Å². The van der Waals surface area contributed by atoms with E-state index in [9.17, 15) is 14.4 Å². The number of urea groups is 1. The second-order valence-electron chi connectivity index (χ2n) is 15.5. The van der Waals surface area contributed by atoms with Gasteiger partial charge in [0.25, 0.3) is 0 Å². The number of Topliss-reactive ketones (excluding diaryl/α,β-unsaturated/α-hetero) is 2. The number of allylic oxidation sites excluding steroid dienone is 2. The lowest BCUT2D eigenvalue weighted by Crippen LogP contribution is -2.72. The number of hydrogen-bond acceptors (Lipinski definition) is 3. The van der Waals surface area contributed by atoms with E-state index in [0.717, 1.165) is 44.9 Å². The summed E-state index contributed by atoms with van der Waals surface area (Å²) in [6, 6.07) is -0.149. The van der Waals surface area contributed by atoms with E-state index in [2.05, 4.69) is 50.1 Å². The quantitative estimate of drug-likeness (QED) is 0.396. The van der Waals surface area contributed by atoms with E-state index < -0.39 is 5.41 Å². The molecule has 5 aliphatic carbocycles. The van der Waals surface area contributed by atoms with E-state index in [-0.39, 0.29) is 68.4 Å². The predicted octanol–water partition coefficient (Wildman–Crippen LogP) is 6.32. The minimum Gasteiger partial charge on any atom is -0.341 e. The molecule has 0 aromatic carbocycles. The Morgan fingerprint density at radius 3 is 2.24 bits per heavy atom. The molecule has 0 aliphatic heterocycles. The summed E-state index contributed by atoms with van der Waals surface area (Å²) in [5.41, 5.74) is -1.27. The third kappa shape index (κ3) is 3.38. The van der Waals surface area contributed by atoms with Crippen LogP contribution in [0.2, 0.25) is 0 Å². The molecule has 4 saturated carbocycles. The largest absolute Gasteiger partial charge is 0.341 e. The zero-order valence-electron chi connectivity index (χ0n) is 24.7. The first-order valence-corrected chi connectivity index (χ1v) is 14.7. The summed E-state index contributed by atoms with van der Waals surface area (Å²) >= 11 is 0. The van der Waals surface area contributed by atoms with E-state index in [1.54, 1.807) is 7.05 Å². The Morgan fingerprint density at radius 2 is 1.61 bits per heavy atom. The molecule has 2 N–H and O–H groups in total. The second kappa shape index (κ2) is 8.18. The first-order valence-electron chi connectivity index (χ1n) is 14.7. The van der Waals surface area contributed by atoms with Gasteiger partial charge in [0.15, 0.2) is 5.78 Å². The molecule has 8 atom stereocenters. The van der Waals surface area contributed by atoms with Crippen molar-refractivity contribution in [2.75, 3.05) is 7.05 Å². The SMILES string of the molecule is [C-]#[N+]C1=C[C@]2(C)C3CC(=O)[C@@H]4[C@@H]5CC(C)(C)CC[C@]5(NC(=O)NC)CC[C@@]4(C)[C@]3(C)CC[C@H]2C(C)(C)C1=O. The smallest absolute Gasteiger partial charge is 0.314 e. The molecule has 5 aliphatic rings. The van der Waals surface area contributed by atoms with Crippen molar-refractivity contribution in [2.24, 2.45) is 50.7 Å². The number of fused-ring (bicyclic) bond motifs is 7. The number of ketones is 2. The molecule has 0 aromatic rings. The predicted molar refractivity (Wildman–Crippen MR) is 148 cm³/mol. The van der Waals surface area contributed by atoms with Gasteiger partial charge in [-0.2, -0.15) is 0 Å². The lowest BCUT2D eigenvalue weighted by Gasteiger charge is -2.72. The van der Waals surface area contributed by atoms with Gasteiger partial charge in [-0.15, -0.1) is 0 Å². The van der Waals surface area contributed by atoms with Gasteiger partial charge >= 0.3 is 6.03 Å². The fourth-order valence-corrected chi connectivity index (χ4v) is 10.8. The van der Waals surface area contributed by atoms with Crippen molar-refractivity contribution in [1.82, 2.24) is 10.6 Å². The molecule has 0 saturated heterocycles. The summed E-state index contributed by atoms with van der Waals surface area (Å²) in [6.07, 6.45) is 9.05. The molecule has 0 radical (unpaired) electrons. The van der Waals surface area contributed by atoms with Crippen molar-refractivity contribution in [2.45, 2.75) is 105 Å². The van der Waals surface area contributed by atoms with Gasteiger partial charge in [0.1, 0.15) is 5.78 Å². The number of nitrogens with one attached hydrogen (secondary N) is 2. The molecule has 0 spiro atoms. The highest BCUT2D eigenvalue weighted by atomic mass is 16.2. The Hall–Kier alpha value is -2.16. The van der Waals surface area contributed by atoms with Gasteiger partial charge in [0.05, 0.1) is 6.57 Å². The number of rotatable bonds is 1. The van der Waals surface area contributed by atoms with Crippen molar-refractivity contribution < 1.29 is 14.4 Å². The lowest BCUT2D eigenvalue weighted by molar-refractivity contribution is -0.214. The average molecular weight is 522 g/mol. The molecule has 208 valence electrons. The summed E-state index contributed by atoms with van der Waals surface area (Å²) in [7, 11) is 1.67. The van der Waals surface area contributed by atoms with E-state index >= 15 is 0 Å². The van der Waals surface area contributed by atoms with Gasteiger partial charge < -0.3 is 15.4 Å². The van der Waals surface area contributed by atoms with Crippen LogP contribution in [0.1, 0.15) is 99.8 Å². The molecule has 0 heterocycles. The zero-order chi connectivity index (χ0) is 28.1. The van der Waals surface area contributed by atoms with Crippen LogP contribution in [0.15, 0.2) is 11.8 Å². The number of amides is 2. The standard InChI is InChI=1S/C32H47N3O3/c1-27(2)12-14-32(35-26(38)34-9)15-13-31(7)24(19(32)17-27)21(36)16-23-29(5)18-20(33-8)25(37)28(3,4)22(29)10-11-30(23,31)6/h18-19,22-24H,10-17H2,1-7,9H3,(H2,34,35,38)/t19-,22-,23?,24-,29-,30+,31+,32-/m0/s1. The Bertz CT molecular complexity index is 1160. The van der Waals surface area contributed by atoms with E-state index in [1.165, 1.54) is 0 Å². The van der Waals surface area contributed by atoms with Crippen molar-refractivity contribution >= 4 is 17.6 Å². The molecule has 6 heteroatoms. The lowest BCUT2D eigenvalue weighted by atomic mass is 9.32. The first-order chi connectivity index (χ1) is 17.5. The maximum Gasteiger partial charge on any atom is 0.314 e. The monoisotopic (exact) mass is 521 g/mol. The fraction of sp³-hybridized carbons (Fsp3) is 0.812. The number of hydrogen-bond donors (Lipinski definition) is 2. The van der Waals surface area contributed by atoms with Crippen molar-refractivity contribution in [1.29, 1.82) is 0 Å². The van der Waals surface area contributed by atoms with Gasteiger partial charge in [-0.1, -0.05) is 54.5 Å². The molecule has 1 unspecified atom stereocenters. The molecule has 0 bridgehead atoms. The summed E-state index contributed by atoms with van der Waals surface area (Å²) < 4.78 is 0. The van der Waals surface area contributed by atoms with Gasteiger partial charge in [-0.25, -0.2) is 9.64 Å². The van der Waals surface area contributed by atoms with Crippen LogP contribution >= 0.6 is 0 Å². The topological polar surface area (TPSA) is 79.6 Å². The van der Waals surface area contributed by atoms with Crippen LogP contribution in [0.25, 0.3) is 4.85 Å². The van der Waals surface area contributed by atoms with Crippen LogP contribution in [0.4, 0.5) is 4.79 Å². The summed E-state index contributed by atoms with van der Waals surface area (Å²) in [5.74, 6) is 0.494. The third-order valence-electron chi connectivity index (χ3n) is 13.0. The van der Waals surface area contributed by atoms with E-state index in [4.69, 9.17) is 6.57 Å². The van der Waals surface area contributed by atoms with Crippen LogP contribution in [0.3, 0.4) is 0 Å². The van der Waals surface area contributed by atoms with Crippen LogP contribution in [0.5, 0.6) is 0 Å². The van der Waals surface area contributed by atoms with E-state index in [1.807, 2.05) is 19.9 Å². The molecular formula is C32H47N3O3. The molecule has 0 aromatic heterocycles. The molecule has 2 amide bonds. The molecule has 4 fully saturated rings. The Kier molecular flexibility index (Phi) is 5.90. The highest BCUT2D eigenvalue weighted by Gasteiger charge is 2.72. The van der Waals surface area contributed by atoms with Gasteiger partial charge in [0, 0.05) is 30.3 Å². The highest BCUT2D eigenvalue weighted by Crippen LogP contribution is 2.74. The summed E-state index contributed by atoms with van der Waals surface area (Å²) in [6.45, 7) is 23.4. The third-order valence-corrected chi connectivity index (χ3v) is 13.0. The van der Waals surface area contributed by atoms with Crippen molar-refractivity contribution in [3.8, 4) is 0 Å². The Labute approximate surface area is 229 Å². The van der Waals surface area contributed by atoms with Crippen LogP contribution in [-0.2, 0) is 9.59 Å². The maximum absolute atomic E-state index is 14.5. The molecule has 5 rings (SSSR count). The Morgan fingerprint density at radius 1 is 0.947 bits per heavy atom. The highest BCUT2D eigenvalue weighted by molar-refractivity contribution is 6.02. The minimum atomic E-state index is -0.613. The fourth-order valence-electron chi connectivity index (χ4n) is 10.8. The normalized spacial score (nSPS) is 46.8. The van der Waals surface area contributed by atoms with Gasteiger partial charge in [-0.05, 0) is 84.4 Å². The zero-order valence-corrected chi connectivity index (χ0v) is 24.7. The van der Waals surface area contributed by atoms with Crippen molar-refractivity contribution in [3.63, 3.8) is 0 Å². The van der Waals surface area contributed by atoms with Gasteiger partial charge in [-0.3, -0.25) is 4.79 Å². The molecule has 6 nitrogen and oxygen atoms in total. The molecule has 38 heavy (non-hydrogen) atoms. The number of carbonyl (C=O) groups is 3. The number of nitrogens with zero attached hydrogens (tertiary/aromatic N) is 1. The minimum absolute atomic E-state index is 0.0445. The number of carbonyl (C=O) groups excluding carboxylic acids is 3. The Balaban J connectivity index is 1.62. The maximum atomic E-state index is 14.5. The first kappa shape index (κ1) is 27.4. The summed E-state index contributed by atoms with van der Waals surface area (Å²) in [4.78, 5) is 44.1. The van der Waals surface area contributed by atoms with E-state index in [0.29, 0.717) is 12.2 Å². The summed E-state index contributed by atoms with van der Waals surface area (Å²) in [5, 5.41) is 6.15. The van der Waals surface area contributed by atoms with Crippen LogP contribution in [-0.4, -0.2) is 30.2 Å². The van der Waals surface area contributed by atoms with Crippen molar-refractivity contribution in [3.05, 3.63) is 23.2 Å². The van der Waals surface area contributed by atoms with Crippen LogP contribution in [0, 0.1) is 57.3 Å². The van der Waals surface area contributed by atoms with Gasteiger partial charge in [0.2, 0.25) is 5.70 Å². The second-order valence-corrected chi connectivity index (χ2v) is 15.5.